The highest BCUT2D eigenvalue weighted by molar-refractivity contribution is 6.74. The Labute approximate surface area is 263 Å². The van der Waals surface area contributed by atoms with Crippen LogP contribution in [0.5, 0.6) is 5.75 Å². The molecule has 0 amide bonds. The molecule has 1 saturated heterocycles. The molecule has 1 unspecified atom stereocenters. The molecule has 43 heavy (non-hydrogen) atoms. The van der Waals surface area contributed by atoms with Gasteiger partial charge in [-0.15, -0.1) is 0 Å². The maximum Gasteiger partial charge on any atom is 0.192 e. The van der Waals surface area contributed by atoms with E-state index >= 15 is 0 Å². The Morgan fingerprint density at radius 3 is 2.05 bits per heavy atom. The first-order valence-electron chi connectivity index (χ1n) is 15.6. The van der Waals surface area contributed by atoms with E-state index in [1.165, 1.54) is 0 Å². The van der Waals surface area contributed by atoms with E-state index in [0.717, 1.165) is 17.6 Å². The zero-order valence-corrected chi connectivity index (χ0v) is 31.4. The van der Waals surface area contributed by atoms with Gasteiger partial charge in [0.1, 0.15) is 17.6 Å². The van der Waals surface area contributed by atoms with Crippen LogP contribution in [0.25, 0.3) is 0 Å². The molecule has 0 radical (unpaired) electrons. The fraction of sp³-hybridized carbons (Fsp3) is 0.735. The lowest BCUT2D eigenvalue weighted by atomic mass is 9.82. The zero-order chi connectivity index (χ0) is 33.0. The van der Waals surface area contributed by atoms with Gasteiger partial charge in [-0.25, -0.2) is 0 Å². The minimum Gasteiger partial charge on any atom is -0.497 e. The topological polar surface area (TPSA) is 86.8 Å². The molecule has 246 valence electrons. The second kappa shape index (κ2) is 14.4. The van der Waals surface area contributed by atoms with Crippen LogP contribution in [0.4, 0.5) is 0 Å². The number of carbonyl (C=O) groups is 1. The first kappa shape index (κ1) is 37.8. The van der Waals surface area contributed by atoms with Crippen molar-refractivity contribution in [1.29, 1.82) is 0 Å². The van der Waals surface area contributed by atoms with Gasteiger partial charge in [0.25, 0.3) is 0 Å². The zero-order valence-electron chi connectivity index (χ0n) is 29.4. The Balaban J connectivity index is 2.39. The summed E-state index contributed by atoms with van der Waals surface area (Å²) in [5, 5.41) is 11.7. The summed E-state index contributed by atoms with van der Waals surface area (Å²) in [5.41, 5.74) is 0.734. The molecule has 2 rings (SSSR count). The highest BCUT2D eigenvalue weighted by atomic mass is 28.4. The molecule has 0 bridgehead atoms. The maximum atomic E-state index is 12.1. The van der Waals surface area contributed by atoms with Crippen molar-refractivity contribution in [2.45, 2.75) is 129 Å². The third kappa shape index (κ3) is 9.34. The SMILES string of the molecule is CC=C(C=O)[C@@H](O)[C@H](CO[Si](C)(C)C(C)(C)C)[C@H](O[Si](C)(C)C(C)(C)C)C1(C)O[C@@H]1[C@@H](C)COCc1ccc(OC)cc1. The van der Waals surface area contributed by atoms with Crippen LogP contribution in [0, 0.1) is 11.8 Å². The van der Waals surface area contributed by atoms with Gasteiger partial charge in [0.2, 0.25) is 0 Å². The van der Waals surface area contributed by atoms with E-state index in [0.29, 0.717) is 18.8 Å². The second-order valence-corrected chi connectivity index (χ2v) is 25.0. The van der Waals surface area contributed by atoms with Crippen molar-refractivity contribution in [2.24, 2.45) is 11.8 Å². The summed E-state index contributed by atoms with van der Waals surface area (Å²) >= 11 is 0. The largest absolute Gasteiger partial charge is 0.497 e. The summed E-state index contributed by atoms with van der Waals surface area (Å²) in [7, 11) is -2.86. The Kier molecular flexibility index (Phi) is 12.7. The lowest BCUT2D eigenvalue weighted by molar-refractivity contribution is -0.106. The van der Waals surface area contributed by atoms with Crippen LogP contribution in [0.15, 0.2) is 35.9 Å². The highest BCUT2D eigenvalue weighted by Crippen LogP contribution is 2.51. The van der Waals surface area contributed by atoms with Crippen molar-refractivity contribution in [3.63, 3.8) is 0 Å². The van der Waals surface area contributed by atoms with Crippen LogP contribution in [0.2, 0.25) is 36.3 Å². The van der Waals surface area contributed by atoms with E-state index in [-0.39, 0.29) is 28.7 Å². The molecule has 0 aromatic heterocycles. The first-order chi connectivity index (χ1) is 19.6. The highest BCUT2D eigenvalue weighted by Gasteiger charge is 2.64. The average molecular weight is 637 g/mol. The predicted molar refractivity (Wildman–Crippen MR) is 180 cm³/mol. The number of hydrogen-bond donors (Lipinski definition) is 1. The minimum atomic E-state index is -2.34. The number of aliphatic hydroxyl groups excluding tert-OH is 1. The van der Waals surface area contributed by atoms with Crippen molar-refractivity contribution < 1.29 is 33.0 Å². The molecule has 1 heterocycles. The van der Waals surface area contributed by atoms with Crippen LogP contribution in [0.1, 0.15) is 67.9 Å². The predicted octanol–water partition coefficient (Wildman–Crippen LogP) is 7.54. The normalized spacial score (nSPS) is 23.0. The molecule has 1 N–H and O–H groups in total. The molecule has 9 heteroatoms. The quantitative estimate of drug-likeness (QED) is 0.0868. The molecular weight excluding hydrogens is 577 g/mol. The Hall–Kier alpha value is -1.34. The van der Waals surface area contributed by atoms with E-state index in [2.05, 4.69) is 81.6 Å². The van der Waals surface area contributed by atoms with Crippen molar-refractivity contribution in [1.82, 2.24) is 0 Å². The van der Waals surface area contributed by atoms with Crippen molar-refractivity contribution in [3.8, 4) is 5.75 Å². The molecule has 7 nitrogen and oxygen atoms in total. The van der Waals surface area contributed by atoms with Crippen LogP contribution < -0.4 is 4.74 Å². The second-order valence-electron chi connectivity index (χ2n) is 15.4. The monoisotopic (exact) mass is 636 g/mol. The van der Waals surface area contributed by atoms with E-state index in [9.17, 15) is 9.90 Å². The lowest BCUT2D eigenvalue weighted by Gasteiger charge is -2.45. The summed E-state index contributed by atoms with van der Waals surface area (Å²) in [6.07, 6.45) is 0.758. The fourth-order valence-corrected chi connectivity index (χ4v) is 7.31. The molecule has 1 aromatic carbocycles. The van der Waals surface area contributed by atoms with Crippen molar-refractivity contribution in [2.75, 3.05) is 20.3 Å². The smallest absolute Gasteiger partial charge is 0.192 e. The number of hydrogen-bond acceptors (Lipinski definition) is 7. The summed E-state index contributed by atoms with van der Waals surface area (Å²) in [6.45, 7) is 29.4. The number of aldehydes is 1. The van der Waals surface area contributed by atoms with Crippen molar-refractivity contribution in [3.05, 3.63) is 41.5 Å². The van der Waals surface area contributed by atoms with Crippen LogP contribution in [-0.4, -0.2) is 72.3 Å². The summed E-state index contributed by atoms with van der Waals surface area (Å²) < 4.78 is 31.8. The van der Waals surface area contributed by atoms with E-state index in [4.69, 9.17) is 23.1 Å². The van der Waals surface area contributed by atoms with Gasteiger partial charge in [-0.3, -0.25) is 4.79 Å². The first-order valence-corrected chi connectivity index (χ1v) is 21.5. The Morgan fingerprint density at radius 1 is 1.02 bits per heavy atom. The average Bonchev–Trinajstić information content (AvgIpc) is 3.60. The summed E-state index contributed by atoms with van der Waals surface area (Å²) in [6, 6.07) is 7.87. The van der Waals surface area contributed by atoms with Crippen LogP contribution in [0.3, 0.4) is 0 Å². The molecule has 0 saturated carbocycles. The van der Waals surface area contributed by atoms with E-state index in [1.807, 2.05) is 24.3 Å². The maximum absolute atomic E-state index is 12.1. The van der Waals surface area contributed by atoms with Gasteiger partial charge in [-0.2, -0.15) is 0 Å². The van der Waals surface area contributed by atoms with Gasteiger partial charge in [0.05, 0.1) is 38.6 Å². The number of allylic oxidation sites excluding steroid dienone is 1. The number of ether oxygens (including phenoxy) is 3. The van der Waals surface area contributed by atoms with Gasteiger partial charge >= 0.3 is 0 Å². The summed E-state index contributed by atoms with van der Waals surface area (Å²) in [4.78, 5) is 12.1. The molecule has 1 aromatic rings. The van der Waals surface area contributed by atoms with Gasteiger partial charge in [0.15, 0.2) is 16.6 Å². The Bertz CT molecular complexity index is 1070. The lowest BCUT2D eigenvalue weighted by Crippen LogP contribution is -2.55. The van der Waals surface area contributed by atoms with Gasteiger partial charge in [-0.1, -0.05) is 66.7 Å². The third-order valence-electron chi connectivity index (χ3n) is 10.1. The fourth-order valence-electron chi connectivity index (χ4n) is 4.87. The standard InChI is InChI=1S/C34H60O7Si2/c1-15-26(20-35)29(36)28(23-39-42(11,12)32(3,4)5)31(41-43(13,14)33(6,7)8)34(9)30(40-34)24(2)21-38-22-25-16-18-27(37-10)19-17-25/h15-20,24,28-31,36H,21-23H2,1-14H3/t24-,28-,29+,30+,31-,34?/m0/s1. The molecule has 0 aliphatic carbocycles. The molecule has 1 fully saturated rings. The third-order valence-corrected chi connectivity index (χ3v) is 19.0. The number of carbonyl (C=O) groups excluding carboxylic acids is 1. The number of methoxy groups -OCH3 is 1. The number of aliphatic hydroxyl groups is 1. The molecule has 0 spiro atoms. The molecular formula is C34H60O7Si2. The van der Waals surface area contributed by atoms with Crippen LogP contribution >= 0.6 is 0 Å². The van der Waals surface area contributed by atoms with E-state index in [1.54, 1.807) is 20.1 Å². The van der Waals surface area contributed by atoms with Crippen LogP contribution in [-0.2, 0) is 29.7 Å². The van der Waals surface area contributed by atoms with Gasteiger partial charge < -0.3 is 28.2 Å². The number of epoxide rings is 1. The number of rotatable bonds is 16. The number of benzene rings is 1. The van der Waals surface area contributed by atoms with Crippen molar-refractivity contribution >= 4 is 22.9 Å². The molecule has 1 aliphatic rings. The minimum absolute atomic E-state index is 0.00930. The van der Waals surface area contributed by atoms with Gasteiger partial charge in [-0.05, 0) is 67.8 Å². The summed E-state index contributed by atoms with van der Waals surface area (Å²) in [5.74, 6) is 0.402. The Morgan fingerprint density at radius 2 is 1.58 bits per heavy atom. The van der Waals surface area contributed by atoms with Gasteiger partial charge in [0, 0.05) is 24.0 Å². The molecule has 1 aliphatic heterocycles. The van der Waals surface area contributed by atoms with E-state index < -0.39 is 40.4 Å². The molecule has 6 atom stereocenters.